The number of guanidine groups is 1. The van der Waals surface area contributed by atoms with Gasteiger partial charge >= 0.3 is 0 Å². The minimum atomic E-state index is -0.904. The van der Waals surface area contributed by atoms with Crippen molar-refractivity contribution in [3.63, 3.8) is 0 Å². The van der Waals surface area contributed by atoms with Gasteiger partial charge in [-0.05, 0) is 74.5 Å². The van der Waals surface area contributed by atoms with Gasteiger partial charge in [0.25, 0.3) is 0 Å². The summed E-state index contributed by atoms with van der Waals surface area (Å²) in [7, 11) is 0. The molecule has 188 valence electrons. The molecule has 1 amide bonds. The molecular formula is C25H43ClFN5O. The van der Waals surface area contributed by atoms with Gasteiger partial charge in [-0.2, -0.15) is 0 Å². The van der Waals surface area contributed by atoms with Gasteiger partial charge in [-0.25, -0.2) is 4.39 Å². The lowest BCUT2D eigenvalue weighted by Crippen LogP contribution is -2.48. The van der Waals surface area contributed by atoms with E-state index in [4.69, 9.17) is 11.6 Å². The second kappa shape index (κ2) is 11.6. The summed E-state index contributed by atoms with van der Waals surface area (Å²) in [6.07, 6.45) is 6.17. The molecule has 9 unspecified atom stereocenters. The van der Waals surface area contributed by atoms with Gasteiger partial charge in [0.2, 0.25) is 5.91 Å². The van der Waals surface area contributed by atoms with E-state index in [2.05, 4.69) is 33.2 Å². The summed E-state index contributed by atoms with van der Waals surface area (Å²) in [6, 6.07) is 0. The van der Waals surface area contributed by atoms with Crippen LogP contribution in [0.1, 0.15) is 58.8 Å². The molecule has 33 heavy (non-hydrogen) atoms. The van der Waals surface area contributed by atoms with Gasteiger partial charge in [-0.15, -0.1) is 11.6 Å². The molecule has 0 aromatic carbocycles. The fraction of sp³-hybridized carbons (Fsp3) is 0.920. The van der Waals surface area contributed by atoms with Crippen molar-refractivity contribution in [2.45, 2.75) is 70.5 Å². The molecule has 8 heteroatoms. The summed E-state index contributed by atoms with van der Waals surface area (Å²) in [5.41, 5.74) is 0. The lowest BCUT2D eigenvalue weighted by molar-refractivity contribution is -0.127. The topological polar surface area (TPSA) is 77.5 Å². The molecule has 3 fully saturated rings. The van der Waals surface area contributed by atoms with Gasteiger partial charge in [0.1, 0.15) is 0 Å². The van der Waals surface area contributed by atoms with E-state index in [1.807, 2.05) is 6.92 Å². The highest BCUT2D eigenvalue weighted by molar-refractivity contribution is 6.20. The number of alkyl halides is 2. The van der Waals surface area contributed by atoms with Gasteiger partial charge in [0.15, 0.2) is 12.3 Å². The lowest BCUT2D eigenvalue weighted by Gasteiger charge is -2.42. The van der Waals surface area contributed by atoms with Crippen LogP contribution in [0.25, 0.3) is 0 Å². The fourth-order valence-electron chi connectivity index (χ4n) is 6.56. The van der Waals surface area contributed by atoms with Crippen LogP contribution in [0.2, 0.25) is 0 Å². The average Bonchev–Trinajstić information content (AvgIpc) is 3.33. The number of piperidine rings is 1. The van der Waals surface area contributed by atoms with Crippen LogP contribution in [-0.4, -0.2) is 56.3 Å². The first kappa shape index (κ1) is 25.0. The maximum atomic E-state index is 14.0. The number of carbonyl (C=O) groups excluding carboxylic acids is 1. The number of rotatable bonds is 6. The van der Waals surface area contributed by atoms with Gasteiger partial charge in [0, 0.05) is 43.4 Å². The van der Waals surface area contributed by atoms with Crippen molar-refractivity contribution in [3.8, 4) is 0 Å². The second-order valence-electron chi connectivity index (χ2n) is 11.3. The highest BCUT2D eigenvalue weighted by Gasteiger charge is 2.39. The van der Waals surface area contributed by atoms with Gasteiger partial charge in [-0.3, -0.25) is 15.1 Å². The molecule has 2 saturated carbocycles. The summed E-state index contributed by atoms with van der Waals surface area (Å²) >= 11 is 6.38. The Kier molecular flexibility index (Phi) is 8.77. The van der Waals surface area contributed by atoms with E-state index in [0.29, 0.717) is 29.6 Å². The number of hydrogen-bond acceptors (Lipinski definition) is 5. The Bertz CT molecular complexity index is 694. The quantitative estimate of drug-likeness (QED) is 0.345. The average molecular weight is 484 g/mol. The van der Waals surface area contributed by atoms with E-state index in [9.17, 15) is 9.18 Å². The summed E-state index contributed by atoms with van der Waals surface area (Å²) in [4.78, 5) is 17.7. The SMILES string of the molecule is CC1CC(CNC(=O)C2CC(CNC3=NCCN3)CC(C3CNC(F)C(C)C3)C2)CCC1Cl. The van der Waals surface area contributed by atoms with Crippen molar-refractivity contribution in [2.24, 2.45) is 46.4 Å². The minimum absolute atomic E-state index is 0.0330. The zero-order chi connectivity index (χ0) is 23.4. The molecule has 0 aromatic rings. The monoisotopic (exact) mass is 483 g/mol. The van der Waals surface area contributed by atoms with Crippen LogP contribution in [0.5, 0.6) is 0 Å². The Hall–Kier alpha value is -1.08. The third-order valence-corrected chi connectivity index (χ3v) is 9.25. The maximum absolute atomic E-state index is 14.0. The van der Waals surface area contributed by atoms with Crippen LogP contribution < -0.4 is 21.3 Å². The Balaban J connectivity index is 1.34. The smallest absolute Gasteiger partial charge is 0.223 e. The number of aliphatic imine (C=N–C) groups is 1. The molecule has 6 nitrogen and oxygen atoms in total. The van der Waals surface area contributed by atoms with Crippen LogP contribution in [0.3, 0.4) is 0 Å². The Morgan fingerprint density at radius 1 is 1.06 bits per heavy atom. The normalized spacial score (nSPS) is 41.7. The lowest BCUT2D eigenvalue weighted by atomic mass is 9.67. The predicted molar refractivity (Wildman–Crippen MR) is 132 cm³/mol. The first-order chi connectivity index (χ1) is 15.9. The van der Waals surface area contributed by atoms with Crippen molar-refractivity contribution in [3.05, 3.63) is 0 Å². The molecule has 2 aliphatic carbocycles. The first-order valence-electron chi connectivity index (χ1n) is 13.2. The van der Waals surface area contributed by atoms with Crippen LogP contribution in [0, 0.1) is 41.4 Å². The largest absolute Gasteiger partial charge is 0.356 e. The molecule has 4 aliphatic rings. The zero-order valence-corrected chi connectivity index (χ0v) is 21.0. The van der Waals surface area contributed by atoms with E-state index in [-0.39, 0.29) is 23.1 Å². The summed E-state index contributed by atoms with van der Waals surface area (Å²) in [5, 5.41) is 13.4. The summed E-state index contributed by atoms with van der Waals surface area (Å²) < 4.78 is 14.0. The van der Waals surface area contributed by atoms with Gasteiger partial charge < -0.3 is 16.0 Å². The number of nitrogens with zero attached hydrogens (tertiary/aromatic N) is 1. The Morgan fingerprint density at radius 2 is 1.91 bits per heavy atom. The highest BCUT2D eigenvalue weighted by atomic mass is 35.5. The van der Waals surface area contributed by atoms with Crippen LogP contribution in [-0.2, 0) is 4.79 Å². The van der Waals surface area contributed by atoms with Crippen molar-refractivity contribution >= 4 is 23.5 Å². The maximum Gasteiger partial charge on any atom is 0.223 e. The van der Waals surface area contributed by atoms with E-state index in [0.717, 1.165) is 83.6 Å². The fourth-order valence-corrected chi connectivity index (χ4v) is 6.79. The number of amides is 1. The molecule has 4 rings (SSSR count). The third-order valence-electron chi connectivity index (χ3n) is 8.60. The minimum Gasteiger partial charge on any atom is -0.356 e. The van der Waals surface area contributed by atoms with Crippen molar-refractivity contribution in [2.75, 3.05) is 32.7 Å². The number of halogens is 2. The second-order valence-corrected chi connectivity index (χ2v) is 11.8. The van der Waals surface area contributed by atoms with Gasteiger partial charge in [0.05, 0.1) is 6.54 Å². The molecule has 1 saturated heterocycles. The molecule has 0 aromatic heterocycles. The molecule has 0 spiro atoms. The standard InChI is InChI=1S/C25H43ClFN5O/c1-15-7-17(3-4-22(15)26)12-31-24(33)20-10-18(13-32-25-28-5-6-29-25)9-19(11-20)21-8-16(2)23(27)30-14-21/h15-23,30H,3-14H2,1-2H3,(H,31,33)(H2,28,29,32). The molecule has 0 bridgehead atoms. The van der Waals surface area contributed by atoms with Crippen molar-refractivity contribution < 1.29 is 9.18 Å². The zero-order valence-electron chi connectivity index (χ0n) is 20.3. The molecular weight excluding hydrogens is 441 g/mol. The van der Waals surface area contributed by atoms with E-state index in [1.165, 1.54) is 0 Å². The summed E-state index contributed by atoms with van der Waals surface area (Å²) in [5.74, 6) is 3.53. The number of hydrogen-bond donors (Lipinski definition) is 4. The predicted octanol–water partition coefficient (Wildman–Crippen LogP) is 3.27. The summed E-state index contributed by atoms with van der Waals surface area (Å²) in [6.45, 7) is 8.25. The molecule has 2 heterocycles. The van der Waals surface area contributed by atoms with Gasteiger partial charge in [-0.1, -0.05) is 13.8 Å². The van der Waals surface area contributed by atoms with Crippen LogP contribution in [0.4, 0.5) is 4.39 Å². The molecule has 2 aliphatic heterocycles. The van der Waals surface area contributed by atoms with Crippen LogP contribution in [0.15, 0.2) is 4.99 Å². The Morgan fingerprint density at radius 3 is 2.64 bits per heavy atom. The van der Waals surface area contributed by atoms with E-state index in [1.54, 1.807) is 0 Å². The molecule has 0 radical (unpaired) electrons. The Labute approximate surface area is 203 Å². The van der Waals surface area contributed by atoms with Crippen molar-refractivity contribution in [1.29, 1.82) is 0 Å². The van der Waals surface area contributed by atoms with Crippen molar-refractivity contribution in [1.82, 2.24) is 21.3 Å². The third kappa shape index (κ3) is 6.74. The number of nitrogens with one attached hydrogen (secondary N) is 4. The highest BCUT2D eigenvalue weighted by Crippen LogP contribution is 2.41. The van der Waals surface area contributed by atoms with Crippen LogP contribution >= 0.6 is 11.6 Å². The number of carbonyl (C=O) groups is 1. The first-order valence-corrected chi connectivity index (χ1v) is 13.6. The van der Waals surface area contributed by atoms with E-state index < -0.39 is 6.30 Å². The molecule has 9 atom stereocenters. The van der Waals surface area contributed by atoms with E-state index >= 15 is 0 Å². The molecule has 4 N–H and O–H groups in total.